The van der Waals surface area contributed by atoms with Gasteiger partial charge in [0.15, 0.2) is 6.61 Å². The number of aromatic nitrogens is 3. The molecule has 1 saturated heterocycles. The third kappa shape index (κ3) is 11.3. The molecule has 3 aliphatic heterocycles. The molecule has 50 heavy (non-hydrogen) atoms. The summed E-state index contributed by atoms with van der Waals surface area (Å²) in [5.41, 5.74) is 1.15. The Morgan fingerprint density at radius 2 is 1.68 bits per heavy atom. The number of piperidine rings is 1. The van der Waals surface area contributed by atoms with E-state index in [4.69, 9.17) is 23.7 Å². The van der Waals surface area contributed by atoms with E-state index in [0.717, 1.165) is 18.5 Å². The number of carboxylic acid groups (broad SMARTS) is 1. The summed E-state index contributed by atoms with van der Waals surface area (Å²) in [7, 11) is 0. The zero-order valence-electron chi connectivity index (χ0n) is 27.0. The zero-order valence-corrected chi connectivity index (χ0v) is 27.0. The Labute approximate surface area is 285 Å². The molecule has 5 N–H and O–H groups in total. The lowest BCUT2D eigenvalue weighted by atomic mass is 9.91. The lowest BCUT2D eigenvalue weighted by Gasteiger charge is -2.28. The first kappa shape index (κ1) is 36.3. The van der Waals surface area contributed by atoms with Crippen molar-refractivity contribution in [3.8, 4) is 17.5 Å². The summed E-state index contributed by atoms with van der Waals surface area (Å²) in [4.78, 5) is 37.8. The molecule has 6 bridgehead atoms. The molecule has 0 radical (unpaired) electrons. The van der Waals surface area contributed by atoms with E-state index in [-0.39, 0.29) is 55.5 Å². The number of fused-ring (bicyclic) bond motifs is 12. The van der Waals surface area contributed by atoms with E-state index in [0.29, 0.717) is 44.2 Å². The molecule has 1 aromatic heterocycles. The van der Waals surface area contributed by atoms with Gasteiger partial charge in [0.05, 0.1) is 32.0 Å². The second kappa shape index (κ2) is 17.6. The van der Waals surface area contributed by atoms with Crippen LogP contribution in [0.3, 0.4) is 0 Å². The lowest BCUT2D eigenvalue weighted by molar-refractivity contribution is -0.154. The Morgan fingerprint density at radius 3 is 2.38 bits per heavy atom. The quantitative estimate of drug-likeness (QED) is 0.235. The van der Waals surface area contributed by atoms with Crippen LogP contribution < -0.4 is 35.5 Å². The van der Waals surface area contributed by atoms with Crippen LogP contribution in [-0.4, -0.2) is 103 Å². The number of carbonyl (C=O) groups excluding carboxylic acids is 1. The standard InChI is InChI=1S/C32H38F3N7O8/c33-32(34,35)19-50-31-41-29-37-17-20-3-6-23(7-4-20)48-14-12-46-10-11-47-13-15-49-25-16-22(38-30(40-29)42-31)5-8-24(25)27(43)39-26(28(44)45)21-2-1-9-36-18-21/h3-8,16,21,26,36H,1-2,9-15,17-19H2,(H,39,43)(H,44,45)(H2,37,38,40,41,42). The molecule has 1 fully saturated rings. The molecule has 0 aliphatic carbocycles. The first-order valence-electron chi connectivity index (χ1n) is 16.0. The van der Waals surface area contributed by atoms with E-state index < -0.39 is 36.7 Å². The minimum absolute atomic E-state index is 0.0207. The number of amides is 1. The fourth-order valence-corrected chi connectivity index (χ4v) is 5.14. The van der Waals surface area contributed by atoms with E-state index in [1.165, 1.54) is 18.2 Å². The van der Waals surface area contributed by atoms with Crippen LogP contribution in [0.25, 0.3) is 0 Å². The van der Waals surface area contributed by atoms with Crippen molar-refractivity contribution < 1.29 is 51.6 Å². The van der Waals surface area contributed by atoms with Crippen molar-refractivity contribution in [2.45, 2.75) is 31.6 Å². The molecule has 0 spiro atoms. The number of alkyl halides is 3. The van der Waals surface area contributed by atoms with Crippen LogP contribution in [0.2, 0.25) is 0 Å². The summed E-state index contributed by atoms with van der Waals surface area (Å²) in [6.07, 6.45) is -3.22. The van der Waals surface area contributed by atoms with Gasteiger partial charge in [0, 0.05) is 30.8 Å². The van der Waals surface area contributed by atoms with Crippen molar-refractivity contribution in [3.05, 3.63) is 53.6 Å². The third-order valence-corrected chi connectivity index (χ3v) is 7.55. The van der Waals surface area contributed by atoms with Gasteiger partial charge in [-0.05, 0) is 49.2 Å². The number of nitrogens with one attached hydrogen (secondary N) is 4. The molecule has 2 unspecified atom stereocenters. The van der Waals surface area contributed by atoms with Gasteiger partial charge >= 0.3 is 18.2 Å². The number of nitrogens with zero attached hydrogens (tertiary/aromatic N) is 3. The van der Waals surface area contributed by atoms with Gasteiger partial charge in [0.2, 0.25) is 11.9 Å². The maximum atomic E-state index is 13.5. The maximum absolute atomic E-state index is 13.5. The van der Waals surface area contributed by atoms with Crippen LogP contribution >= 0.6 is 0 Å². The SMILES string of the molecule is O=C(NC(C(=O)O)C1CCCNC1)c1ccc2cc1OCCOCCOCCOc1ccc(cc1)CNc1nc(nc(OCC(F)(F)F)n1)N2. The number of hydrogen-bond acceptors (Lipinski definition) is 13. The normalized spacial score (nSPS) is 18.3. The minimum Gasteiger partial charge on any atom is -0.491 e. The molecule has 2 atom stereocenters. The fraction of sp³-hybridized carbons (Fsp3) is 0.469. The van der Waals surface area contributed by atoms with Gasteiger partial charge in [0.25, 0.3) is 5.91 Å². The minimum atomic E-state index is -4.64. The number of ether oxygens (including phenoxy) is 5. The molecule has 4 heterocycles. The van der Waals surface area contributed by atoms with Gasteiger partial charge in [-0.3, -0.25) is 4.79 Å². The molecule has 15 nitrogen and oxygen atoms in total. The molecule has 270 valence electrons. The first-order chi connectivity index (χ1) is 24.1. The second-order valence-electron chi connectivity index (χ2n) is 11.3. The van der Waals surface area contributed by atoms with E-state index in [9.17, 15) is 27.9 Å². The van der Waals surface area contributed by atoms with Crippen molar-refractivity contribution in [2.24, 2.45) is 5.92 Å². The van der Waals surface area contributed by atoms with Crippen molar-refractivity contribution in [1.82, 2.24) is 25.6 Å². The lowest BCUT2D eigenvalue weighted by Crippen LogP contribution is -2.50. The van der Waals surface area contributed by atoms with Crippen LogP contribution in [0, 0.1) is 5.92 Å². The largest absolute Gasteiger partial charge is 0.491 e. The van der Waals surface area contributed by atoms with Crippen LogP contribution in [0.5, 0.6) is 17.5 Å². The van der Waals surface area contributed by atoms with Crippen LogP contribution in [0.1, 0.15) is 28.8 Å². The number of benzene rings is 2. The Hall–Kier alpha value is -4.94. The summed E-state index contributed by atoms with van der Waals surface area (Å²) >= 11 is 0. The summed E-state index contributed by atoms with van der Waals surface area (Å²) in [5, 5.41) is 21.5. The van der Waals surface area contributed by atoms with E-state index in [2.05, 4.69) is 36.2 Å². The molecule has 2 aromatic carbocycles. The second-order valence-corrected chi connectivity index (χ2v) is 11.3. The predicted octanol–water partition coefficient (Wildman–Crippen LogP) is 3.16. The number of carbonyl (C=O) groups is 2. The van der Waals surface area contributed by atoms with Gasteiger partial charge in [-0.25, -0.2) is 4.79 Å². The summed E-state index contributed by atoms with van der Waals surface area (Å²) in [6, 6.07) is 9.80. The van der Waals surface area contributed by atoms with Crippen molar-refractivity contribution in [1.29, 1.82) is 0 Å². The van der Waals surface area contributed by atoms with Crippen molar-refractivity contribution >= 4 is 29.5 Å². The van der Waals surface area contributed by atoms with Crippen LogP contribution in [-0.2, 0) is 20.8 Å². The topological polar surface area (TPSA) is 187 Å². The number of anilines is 3. The highest BCUT2D eigenvalue weighted by atomic mass is 19.4. The number of aliphatic carboxylic acids is 1. The predicted molar refractivity (Wildman–Crippen MR) is 172 cm³/mol. The summed E-state index contributed by atoms with van der Waals surface area (Å²) < 4.78 is 66.5. The Morgan fingerprint density at radius 1 is 0.960 bits per heavy atom. The molecule has 18 heteroatoms. The summed E-state index contributed by atoms with van der Waals surface area (Å²) in [6.45, 7) is 1.19. The van der Waals surface area contributed by atoms with Crippen LogP contribution in [0.15, 0.2) is 42.5 Å². The maximum Gasteiger partial charge on any atom is 0.422 e. The summed E-state index contributed by atoms with van der Waals surface area (Å²) in [5.74, 6) is -1.66. The van der Waals surface area contributed by atoms with Gasteiger partial charge in [-0.1, -0.05) is 12.1 Å². The molecular weight excluding hydrogens is 667 g/mol. The van der Waals surface area contributed by atoms with E-state index in [1.807, 2.05) is 0 Å². The van der Waals surface area contributed by atoms with E-state index >= 15 is 0 Å². The average Bonchev–Trinajstić information content (AvgIpc) is 3.09. The fourth-order valence-electron chi connectivity index (χ4n) is 5.14. The van der Waals surface area contributed by atoms with Gasteiger partial charge < -0.3 is 50.1 Å². The van der Waals surface area contributed by atoms with Crippen molar-refractivity contribution in [2.75, 3.05) is 70.0 Å². The van der Waals surface area contributed by atoms with Gasteiger partial charge in [-0.2, -0.15) is 28.1 Å². The monoisotopic (exact) mass is 705 g/mol. The Balaban J connectivity index is 1.41. The third-order valence-electron chi connectivity index (χ3n) is 7.55. The molecular formula is C32H38F3N7O8. The average molecular weight is 706 g/mol. The number of halogens is 3. The number of hydrogen-bond donors (Lipinski definition) is 5. The molecule has 1 amide bonds. The highest BCUT2D eigenvalue weighted by molar-refractivity contribution is 5.99. The molecule has 3 aromatic rings. The number of rotatable bonds is 6. The highest BCUT2D eigenvalue weighted by Crippen LogP contribution is 2.27. The smallest absolute Gasteiger partial charge is 0.422 e. The molecule has 3 aliphatic rings. The first-order valence-corrected chi connectivity index (χ1v) is 16.0. The Kier molecular flexibility index (Phi) is 12.8. The van der Waals surface area contributed by atoms with Crippen LogP contribution in [0.4, 0.5) is 30.8 Å². The van der Waals surface area contributed by atoms with E-state index in [1.54, 1.807) is 24.3 Å². The van der Waals surface area contributed by atoms with Gasteiger partial charge in [0.1, 0.15) is 30.8 Å². The molecule has 0 saturated carbocycles. The zero-order chi connectivity index (χ0) is 35.3. The van der Waals surface area contributed by atoms with Gasteiger partial charge in [-0.15, -0.1) is 0 Å². The van der Waals surface area contributed by atoms with Crippen molar-refractivity contribution in [3.63, 3.8) is 0 Å². The Bertz CT molecular complexity index is 1580. The number of carboxylic acids is 1. The highest BCUT2D eigenvalue weighted by Gasteiger charge is 2.32. The molecule has 6 rings (SSSR count).